The molecule has 0 aromatic heterocycles. The lowest BCUT2D eigenvalue weighted by molar-refractivity contribution is -0.119. The lowest BCUT2D eigenvalue weighted by atomic mass is 9.93. The highest BCUT2D eigenvalue weighted by Gasteiger charge is 2.20. The number of hydrogen-bond donors (Lipinski definition) is 1. The molecule has 0 bridgehead atoms. The number of nitrogens with two attached hydrogens (primary N) is 1. The van der Waals surface area contributed by atoms with Gasteiger partial charge in [-0.15, -0.1) is 0 Å². The smallest absolute Gasteiger partial charge is 0.217 e. The number of piperidine rings is 1. The maximum atomic E-state index is 10.9. The number of hydrogen-bond acceptors (Lipinski definition) is 4. The molecule has 1 saturated heterocycles. The fraction of sp³-hybridized carbons (Fsp3) is 0.611. The Bertz CT molecular complexity index is 468. The third kappa shape index (κ3) is 7.01. The maximum absolute atomic E-state index is 10.9. The van der Waals surface area contributed by atoms with Crippen molar-refractivity contribution in [3.8, 4) is 5.75 Å². The molecule has 1 amide bonds. The second-order valence-electron chi connectivity index (χ2n) is 6.23. The molecule has 1 heterocycles. The van der Waals surface area contributed by atoms with Crippen LogP contribution in [0.3, 0.4) is 0 Å². The number of carbonyl (C=O) groups excluding carboxylic acids is 1. The molecule has 2 N–H and O–H groups in total. The second-order valence-corrected chi connectivity index (χ2v) is 6.23. The Labute approximate surface area is 138 Å². The summed E-state index contributed by atoms with van der Waals surface area (Å²) < 4.78 is 11.3. The largest absolute Gasteiger partial charge is 0.491 e. The Hall–Kier alpha value is -1.59. The van der Waals surface area contributed by atoms with Gasteiger partial charge in [-0.1, -0.05) is 17.7 Å². The number of likely N-dealkylation sites (tertiary alicyclic amines) is 1. The minimum atomic E-state index is -0.180. The van der Waals surface area contributed by atoms with Crippen molar-refractivity contribution in [1.82, 2.24) is 4.90 Å². The number of benzene rings is 1. The van der Waals surface area contributed by atoms with Crippen molar-refractivity contribution in [2.45, 2.75) is 26.2 Å². The first-order valence-electron chi connectivity index (χ1n) is 8.41. The molecule has 128 valence electrons. The Morgan fingerprint density at radius 2 is 1.87 bits per heavy atom. The number of aryl methyl sites for hydroxylation is 1. The predicted molar refractivity (Wildman–Crippen MR) is 90.5 cm³/mol. The van der Waals surface area contributed by atoms with E-state index >= 15 is 0 Å². The van der Waals surface area contributed by atoms with Gasteiger partial charge in [-0.3, -0.25) is 4.79 Å². The van der Waals surface area contributed by atoms with Crippen LogP contribution in [-0.2, 0) is 9.53 Å². The molecular weight excluding hydrogens is 292 g/mol. The molecule has 1 aliphatic heterocycles. The molecule has 0 atom stereocenters. The zero-order valence-corrected chi connectivity index (χ0v) is 14.0. The van der Waals surface area contributed by atoms with Gasteiger partial charge in [0.15, 0.2) is 0 Å². The highest BCUT2D eigenvalue weighted by Crippen LogP contribution is 2.19. The lowest BCUT2D eigenvalue weighted by Gasteiger charge is -2.31. The summed E-state index contributed by atoms with van der Waals surface area (Å²) in [6.07, 6.45) is 2.64. The van der Waals surface area contributed by atoms with E-state index in [0.29, 0.717) is 25.6 Å². The van der Waals surface area contributed by atoms with Crippen LogP contribution in [0.5, 0.6) is 5.75 Å². The van der Waals surface area contributed by atoms with Gasteiger partial charge in [0, 0.05) is 13.0 Å². The fourth-order valence-electron chi connectivity index (χ4n) is 2.85. The summed E-state index contributed by atoms with van der Waals surface area (Å²) in [7, 11) is 0. The van der Waals surface area contributed by atoms with Crippen LogP contribution < -0.4 is 10.5 Å². The van der Waals surface area contributed by atoms with E-state index in [9.17, 15) is 4.79 Å². The van der Waals surface area contributed by atoms with E-state index in [2.05, 4.69) is 11.8 Å². The first-order chi connectivity index (χ1) is 11.1. The van der Waals surface area contributed by atoms with Gasteiger partial charge in [0.25, 0.3) is 0 Å². The molecule has 1 aromatic rings. The summed E-state index contributed by atoms with van der Waals surface area (Å²) in [6.45, 7) is 6.95. The molecule has 0 aliphatic carbocycles. The van der Waals surface area contributed by atoms with Crippen molar-refractivity contribution in [2.24, 2.45) is 11.7 Å². The van der Waals surface area contributed by atoms with Gasteiger partial charge < -0.3 is 20.1 Å². The van der Waals surface area contributed by atoms with E-state index in [1.807, 2.05) is 24.3 Å². The highest BCUT2D eigenvalue weighted by atomic mass is 16.5. The van der Waals surface area contributed by atoms with Gasteiger partial charge in [0.2, 0.25) is 5.91 Å². The number of rotatable bonds is 9. The second kappa shape index (κ2) is 9.53. The van der Waals surface area contributed by atoms with Crippen LogP contribution in [0.15, 0.2) is 24.3 Å². The van der Waals surface area contributed by atoms with Gasteiger partial charge in [-0.25, -0.2) is 0 Å². The molecule has 2 rings (SSSR count). The monoisotopic (exact) mass is 320 g/mol. The van der Waals surface area contributed by atoms with Gasteiger partial charge in [-0.2, -0.15) is 0 Å². The number of nitrogens with zero attached hydrogens (tertiary/aromatic N) is 1. The number of carbonyl (C=O) groups is 1. The Kier molecular flexibility index (Phi) is 7.36. The van der Waals surface area contributed by atoms with Crippen molar-refractivity contribution in [1.29, 1.82) is 0 Å². The molecule has 1 fully saturated rings. The number of amides is 1. The first kappa shape index (κ1) is 17.8. The molecular formula is C18H28N2O3. The van der Waals surface area contributed by atoms with E-state index in [1.165, 1.54) is 5.56 Å². The van der Waals surface area contributed by atoms with Gasteiger partial charge in [0.1, 0.15) is 12.4 Å². The first-order valence-corrected chi connectivity index (χ1v) is 8.41. The molecule has 1 aromatic carbocycles. The van der Waals surface area contributed by atoms with E-state index < -0.39 is 0 Å². The van der Waals surface area contributed by atoms with Crippen LogP contribution >= 0.6 is 0 Å². The number of primary amides is 1. The van der Waals surface area contributed by atoms with Crippen molar-refractivity contribution in [3.05, 3.63) is 29.8 Å². The van der Waals surface area contributed by atoms with E-state index in [0.717, 1.165) is 44.8 Å². The molecule has 5 heteroatoms. The van der Waals surface area contributed by atoms with Crippen molar-refractivity contribution < 1.29 is 14.3 Å². The maximum Gasteiger partial charge on any atom is 0.217 e. The SMILES string of the molecule is Cc1ccc(OCCOCCN2CCC(CC(N)=O)CC2)cc1. The normalized spacial score (nSPS) is 16.4. The molecule has 23 heavy (non-hydrogen) atoms. The van der Waals surface area contributed by atoms with E-state index in [-0.39, 0.29) is 5.91 Å². The zero-order valence-electron chi connectivity index (χ0n) is 14.0. The zero-order chi connectivity index (χ0) is 16.5. The van der Waals surface area contributed by atoms with Crippen molar-refractivity contribution in [3.63, 3.8) is 0 Å². The summed E-state index contributed by atoms with van der Waals surface area (Å²) in [5.74, 6) is 1.17. The highest BCUT2D eigenvalue weighted by molar-refractivity contribution is 5.73. The molecule has 0 unspecified atom stereocenters. The molecule has 0 saturated carbocycles. The minimum absolute atomic E-state index is 0.180. The van der Waals surface area contributed by atoms with Crippen molar-refractivity contribution >= 4 is 5.91 Å². The lowest BCUT2D eigenvalue weighted by Crippen LogP contribution is -2.37. The Morgan fingerprint density at radius 3 is 2.52 bits per heavy atom. The summed E-state index contributed by atoms with van der Waals surface area (Å²) >= 11 is 0. The van der Waals surface area contributed by atoms with E-state index in [1.54, 1.807) is 0 Å². The summed E-state index contributed by atoms with van der Waals surface area (Å²) in [5.41, 5.74) is 6.48. The molecule has 1 aliphatic rings. The van der Waals surface area contributed by atoms with Gasteiger partial charge in [0.05, 0.1) is 13.2 Å². The van der Waals surface area contributed by atoms with Crippen LogP contribution in [0.1, 0.15) is 24.8 Å². The Morgan fingerprint density at radius 1 is 1.17 bits per heavy atom. The quantitative estimate of drug-likeness (QED) is 0.707. The Balaban J connectivity index is 1.48. The van der Waals surface area contributed by atoms with Crippen molar-refractivity contribution in [2.75, 3.05) is 39.5 Å². The topological polar surface area (TPSA) is 64.8 Å². The fourth-order valence-corrected chi connectivity index (χ4v) is 2.85. The molecule has 0 radical (unpaired) electrons. The average molecular weight is 320 g/mol. The van der Waals surface area contributed by atoms with E-state index in [4.69, 9.17) is 15.2 Å². The number of ether oxygens (including phenoxy) is 2. The van der Waals surface area contributed by atoms with Crippen LogP contribution in [0.4, 0.5) is 0 Å². The molecule has 0 spiro atoms. The standard InChI is InChI=1S/C18H28N2O3/c1-15-2-4-17(5-3-15)23-13-12-22-11-10-20-8-6-16(7-9-20)14-18(19)21/h2-5,16H,6-14H2,1H3,(H2,19,21). The van der Waals surface area contributed by atoms with Crippen LogP contribution in [0.2, 0.25) is 0 Å². The third-order valence-corrected chi connectivity index (χ3v) is 4.27. The van der Waals surface area contributed by atoms with Crippen LogP contribution in [0, 0.1) is 12.8 Å². The predicted octanol–water partition coefficient (Wildman–Crippen LogP) is 1.98. The van der Waals surface area contributed by atoms with Crippen LogP contribution in [-0.4, -0.2) is 50.3 Å². The van der Waals surface area contributed by atoms with Crippen LogP contribution in [0.25, 0.3) is 0 Å². The van der Waals surface area contributed by atoms with Gasteiger partial charge in [-0.05, 0) is 50.9 Å². The van der Waals surface area contributed by atoms with Gasteiger partial charge >= 0.3 is 0 Å². The summed E-state index contributed by atoms with van der Waals surface area (Å²) in [5, 5.41) is 0. The summed E-state index contributed by atoms with van der Waals surface area (Å²) in [6, 6.07) is 8.03. The minimum Gasteiger partial charge on any atom is -0.491 e. The summed E-state index contributed by atoms with van der Waals surface area (Å²) in [4.78, 5) is 13.3. The third-order valence-electron chi connectivity index (χ3n) is 4.27. The average Bonchev–Trinajstić information content (AvgIpc) is 2.53. The molecule has 5 nitrogen and oxygen atoms in total.